The Hall–Kier alpha value is -1.06. The molecule has 2 aliphatic carbocycles. The summed E-state index contributed by atoms with van der Waals surface area (Å²) in [6.07, 6.45) is 5.25. The SMILES string of the molecule is CCC1(CNC(=O)[C@@H]2C[C@@H]2C(=O)O)CCC1. The zero-order chi connectivity index (χ0) is 11.8. The van der Waals surface area contributed by atoms with E-state index >= 15 is 0 Å². The van der Waals surface area contributed by atoms with Gasteiger partial charge in [0.15, 0.2) is 0 Å². The van der Waals surface area contributed by atoms with Crippen LogP contribution in [0.4, 0.5) is 0 Å². The second-order valence-electron chi connectivity index (χ2n) is 5.21. The molecule has 0 heterocycles. The lowest BCUT2D eigenvalue weighted by Crippen LogP contribution is -2.42. The van der Waals surface area contributed by atoms with Crippen LogP contribution in [0.15, 0.2) is 0 Å². The first-order valence-corrected chi connectivity index (χ1v) is 6.08. The van der Waals surface area contributed by atoms with Crippen molar-refractivity contribution in [2.75, 3.05) is 6.54 Å². The van der Waals surface area contributed by atoms with Crippen molar-refractivity contribution in [3.05, 3.63) is 0 Å². The lowest BCUT2D eigenvalue weighted by Gasteiger charge is -2.41. The summed E-state index contributed by atoms with van der Waals surface area (Å²) in [5, 5.41) is 11.6. The summed E-state index contributed by atoms with van der Waals surface area (Å²) in [6.45, 7) is 2.88. The Bertz CT molecular complexity index is 304. The first-order chi connectivity index (χ1) is 7.58. The van der Waals surface area contributed by atoms with Crippen LogP contribution in [0.2, 0.25) is 0 Å². The molecule has 2 rings (SSSR count). The first kappa shape index (κ1) is 11.4. The lowest BCUT2D eigenvalue weighted by atomic mass is 9.67. The van der Waals surface area contributed by atoms with E-state index in [-0.39, 0.29) is 11.8 Å². The van der Waals surface area contributed by atoms with Crippen LogP contribution >= 0.6 is 0 Å². The van der Waals surface area contributed by atoms with E-state index in [1.165, 1.54) is 19.3 Å². The van der Waals surface area contributed by atoms with Gasteiger partial charge < -0.3 is 10.4 Å². The Labute approximate surface area is 95.4 Å². The van der Waals surface area contributed by atoms with Crippen molar-refractivity contribution >= 4 is 11.9 Å². The van der Waals surface area contributed by atoms with E-state index in [9.17, 15) is 9.59 Å². The Morgan fingerprint density at radius 3 is 2.44 bits per heavy atom. The number of carboxylic acids is 1. The van der Waals surface area contributed by atoms with Crippen LogP contribution in [-0.4, -0.2) is 23.5 Å². The highest BCUT2D eigenvalue weighted by atomic mass is 16.4. The molecule has 0 unspecified atom stereocenters. The molecule has 90 valence electrons. The fourth-order valence-corrected chi connectivity index (χ4v) is 2.50. The van der Waals surface area contributed by atoms with Gasteiger partial charge in [-0.25, -0.2) is 0 Å². The standard InChI is InChI=1S/C12H19NO3/c1-2-12(4-3-5-12)7-13-10(14)8-6-9(8)11(15)16/h8-9H,2-7H2,1H3,(H,13,14)(H,15,16)/t8-,9+/m1/s1. The molecule has 0 aromatic carbocycles. The average molecular weight is 225 g/mol. The van der Waals surface area contributed by atoms with E-state index in [0.29, 0.717) is 11.8 Å². The zero-order valence-corrected chi connectivity index (χ0v) is 9.66. The number of rotatable bonds is 5. The minimum absolute atomic E-state index is 0.0628. The maximum Gasteiger partial charge on any atom is 0.307 e. The Balaban J connectivity index is 1.75. The van der Waals surface area contributed by atoms with Crippen LogP contribution in [0.1, 0.15) is 39.0 Å². The summed E-state index contributed by atoms with van der Waals surface area (Å²) in [6, 6.07) is 0. The maximum absolute atomic E-state index is 11.6. The van der Waals surface area contributed by atoms with Gasteiger partial charge in [0.2, 0.25) is 5.91 Å². The minimum atomic E-state index is -0.839. The summed E-state index contributed by atoms with van der Waals surface area (Å²) in [7, 11) is 0. The van der Waals surface area contributed by atoms with Crippen molar-refractivity contribution in [3.63, 3.8) is 0 Å². The van der Waals surface area contributed by atoms with Gasteiger partial charge in [0.1, 0.15) is 0 Å². The van der Waals surface area contributed by atoms with Gasteiger partial charge in [-0.15, -0.1) is 0 Å². The molecule has 0 spiro atoms. The molecule has 2 saturated carbocycles. The molecule has 2 fully saturated rings. The fraction of sp³-hybridized carbons (Fsp3) is 0.833. The van der Waals surface area contributed by atoms with E-state index in [2.05, 4.69) is 12.2 Å². The van der Waals surface area contributed by atoms with Crippen LogP contribution < -0.4 is 5.32 Å². The third-order valence-electron chi connectivity index (χ3n) is 4.25. The molecule has 16 heavy (non-hydrogen) atoms. The molecule has 0 bridgehead atoms. The van der Waals surface area contributed by atoms with Gasteiger partial charge in [-0.2, -0.15) is 0 Å². The second kappa shape index (κ2) is 4.07. The van der Waals surface area contributed by atoms with Crippen LogP contribution in [0.3, 0.4) is 0 Å². The topological polar surface area (TPSA) is 66.4 Å². The fourth-order valence-electron chi connectivity index (χ4n) is 2.50. The van der Waals surface area contributed by atoms with Crippen molar-refractivity contribution in [1.82, 2.24) is 5.32 Å². The van der Waals surface area contributed by atoms with E-state index in [1.807, 2.05) is 0 Å². The Morgan fingerprint density at radius 1 is 1.38 bits per heavy atom. The van der Waals surface area contributed by atoms with Crippen molar-refractivity contribution in [3.8, 4) is 0 Å². The molecule has 1 amide bonds. The molecular weight excluding hydrogens is 206 g/mol. The largest absolute Gasteiger partial charge is 0.481 e. The number of nitrogens with one attached hydrogen (secondary N) is 1. The monoisotopic (exact) mass is 225 g/mol. The van der Waals surface area contributed by atoms with Gasteiger partial charge in [0, 0.05) is 6.54 Å². The molecule has 0 aliphatic heterocycles. The molecule has 0 saturated heterocycles. The summed E-state index contributed by atoms with van der Waals surface area (Å²) in [5.41, 5.74) is 0.309. The molecule has 0 aromatic rings. The van der Waals surface area contributed by atoms with Gasteiger partial charge in [0.25, 0.3) is 0 Å². The smallest absolute Gasteiger partial charge is 0.307 e. The van der Waals surface area contributed by atoms with Gasteiger partial charge >= 0.3 is 5.97 Å². The average Bonchev–Trinajstić information content (AvgIpc) is 2.95. The van der Waals surface area contributed by atoms with Crippen molar-refractivity contribution < 1.29 is 14.7 Å². The molecular formula is C12H19NO3. The third-order valence-corrected chi connectivity index (χ3v) is 4.25. The summed E-state index contributed by atoms with van der Waals surface area (Å²) in [4.78, 5) is 22.3. The van der Waals surface area contributed by atoms with Crippen molar-refractivity contribution in [2.24, 2.45) is 17.3 Å². The highest BCUT2D eigenvalue weighted by Gasteiger charge is 2.48. The van der Waals surface area contributed by atoms with Gasteiger partial charge in [-0.05, 0) is 31.1 Å². The maximum atomic E-state index is 11.6. The summed E-state index contributed by atoms with van der Waals surface area (Å²) in [5.74, 6) is -1.61. The lowest BCUT2D eigenvalue weighted by molar-refractivity contribution is -0.140. The molecule has 2 N–H and O–H groups in total. The molecule has 2 atom stereocenters. The first-order valence-electron chi connectivity index (χ1n) is 6.08. The third kappa shape index (κ3) is 2.06. The number of carbonyl (C=O) groups excluding carboxylic acids is 1. The van der Waals surface area contributed by atoms with Crippen molar-refractivity contribution in [2.45, 2.75) is 39.0 Å². The van der Waals surface area contributed by atoms with E-state index < -0.39 is 11.9 Å². The van der Waals surface area contributed by atoms with E-state index in [4.69, 9.17) is 5.11 Å². The highest BCUT2D eigenvalue weighted by molar-refractivity contribution is 5.89. The molecule has 4 heteroatoms. The molecule has 0 aromatic heterocycles. The van der Waals surface area contributed by atoms with Gasteiger partial charge in [-0.1, -0.05) is 13.3 Å². The van der Waals surface area contributed by atoms with Crippen molar-refractivity contribution in [1.29, 1.82) is 0 Å². The number of hydrogen-bond donors (Lipinski definition) is 2. The quantitative estimate of drug-likeness (QED) is 0.743. The van der Waals surface area contributed by atoms with Crippen LogP contribution in [0.25, 0.3) is 0 Å². The zero-order valence-electron chi connectivity index (χ0n) is 9.66. The number of aliphatic carboxylic acids is 1. The predicted octanol–water partition coefficient (Wildman–Crippen LogP) is 1.40. The number of hydrogen-bond acceptors (Lipinski definition) is 2. The molecule has 0 radical (unpaired) electrons. The second-order valence-corrected chi connectivity index (χ2v) is 5.21. The highest BCUT2D eigenvalue weighted by Crippen LogP contribution is 2.44. The van der Waals surface area contributed by atoms with Crippen LogP contribution in [0.5, 0.6) is 0 Å². The molecule has 2 aliphatic rings. The van der Waals surface area contributed by atoms with Gasteiger partial charge in [-0.3, -0.25) is 9.59 Å². The van der Waals surface area contributed by atoms with Crippen LogP contribution in [0, 0.1) is 17.3 Å². The predicted molar refractivity (Wildman–Crippen MR) is 58.8 cm³/mol. The normalized spacial score (nSPS) is 30.3. The van der Waals surface area contributed by atoms with E-state index in [1.54, 1.807) is 0 Å². The number of carbonyl (C=O) groups is 2. The van der Waals surface area contributed by atoms with Crippen LogP contribution in [-0.2, 0) is 9.59 Å². The minimum Gasteiger partial charge on any atom is -0.481 e. The summed E-state index contributed by atoms with van der Waals surface area (Å²) < 4.78 is 0. The van der Waals surface area contributed by atoms with Gasteiger partial charge in [0.05, 0.1) is 11.8 Å². The number of carboxylic acid groups (broad SMARTS) is 1. The van der Waals surface area contributed by atoms with E-state index in [0.717, 1.165) is 13.0 Å². The molecule has 4 nitrogen and oxygen atoms in total. The Morgan fingerprint density at radius 2 is 2.06 bits per heavy atom. The Kier molecular flexibility index (Phi) is 2.91. The number of amides is 1. The summed E-state index contributed by atoms with van der Waals surface area (Å²) >= 11 is 0.